The fourth-order valence-electron chi connectivity index (χ4n) is 8.55. The van der Waals surface area contributed by atoms with Crippen LogP contribution in [0, 0.1) is 0 Å². The second-order valence-corrected chi connectivity index (χ2v) is 14.9. The van der Waals surface area contributed by atoms with Gasteiger partial charge in [0.25, 0.3) is 0 Å². The molecule has 0 fully saturated rings. The van der Waals surface area contributed by atoms with Crippen molar-refractivity contribution in [2.24, 2.45) is 0 Å². The van der Waals surface area contributed by atoms with E-state index in [1.807, 2.05) is 6.07 Å². The van der Waals surface area contributed by atoms with Gasteiger partial charge in [0.05, 0.1) is 0 Å². The third-order valence-electron chi connectivity index (χ3n) is 11.4. The van der Waals surface area contributed by atoms with Gasteiger partial charge >= 0.3 is 0 Å². The summed E-state index contributed by atoms with van der Waals surface area (Å²) in [5.41, 5.74) is 14.5. The van der Waals surface area contributed by atoms with Crippen molar-refractivity contribution in [1.82, 2.24) is 0 Å². The molecule has 0 saturated heterocycles. The summed E-state index contributed by atoms with van der Waals surface area (Å²) >= 11 is 0. The quantitative estimate of drug-likeness (QED) is 0.162. The topological polar surface area (TPSA) is 16.4 Å². The lowest BCUT2D eigenvalue weighted by Crippen LogP contribution is -2.09. The van der Waals surface area contributed by atoms with Crippen molar-refractivity contribution in [2.45, 2.75) is 0 Å². The second kappa shape index (κ2) is 14.1. The molecule has 2 heteroatoms. The van der Waals surface area contributed by atoms with Crippen LogP contribution in [-0.2, 0) is 0 Å². The Labute approximate surface area is 337 Å². The number of fused-ring (bicyclic) bond motifs is 6. The summed E-state index contributed by atoms with van der Waals surface area (Å²) in [7, 11) is 0. The van der Waals surface area contributed by atoms with Crippen LogP contribution in [0.15, 0.2) is 229 Å². The summed E-state index contributed by atoms with van der Waals surface area (Å²) in [6.07, 6.45) is 0. The summed E-state index contributed by atoms with van der Waals surface area (Å²) in [6.45, 7) is 0. The Balaban J connectivity index is 0.996. The van der Waals surface area contributed by atoms with E-state index in [9.17, 15) is 0 Å². The van der Waals surface area contributed by atoms with Crippen molar-refractivity contribution >= 4 is 60.5 Å². The third-order valence-corrected chi connectivity index (χ3v) is 11.4. The van der Waals surface area contributed by atoms with Gasteiger partial charge in [-0.25, -0.2) is 0 Å². The van der Waals surface area contributed by atoms with Gasteiger partial charge in [-0.3, -0.25) is 0 Å². The minimum absolute atomic E-state index is 0.900. The maximum Gasteiger partial charge on any atom is 0.136 e. The molecule has 0 aliphatic rings. The van der Waals surface area contributed by atoms with E-state index < -0.39 is 0 Å². The lowest BCUT2D eigenvalue weighted by atomic mass is 9.91. The van der Waals surface area contributed by atoms with Gasteiger partial charge in [0, 0.05) is 27.8 Å². The first kappa shape index (κ1) is 33.6. The molecule has 10 aromatic carbocycles. The minimum Gasteiger partial charge on any atom is -0.456 e. The van der Waals surface area contributed by atoms with Gasteiger partial charge in [-0.05, 0) is 133 Å². The highest BCUT2D eigenvalue weighted by Crippen LogP contribution is 2.43. The van der Waals surface area contributed by atoms with E-state index in [0.717, 1.165) is 61.3 Å². The van der Waals surface area contributed by atoms with Gasteiger partial charge in [0.15, 0.2) is 0 Å². The molecule has 0 bridgehead atoms. The number of hydrogen-bond acceptors (Lipinski definition) is 2. The van der Waals surface area contributed by atoms with E-state index in [2.05, 4.69) is 223 Å². The fourth-order valence-corrected chi connectivity index (χ4v) is 8.55. The third kappa shape index (κ3) is 6.00. The molecular weight excluding hydrogens is 703 g/mol. The molecule has 0 N–H and O–H groups in total. The lowest BCUT2D eigenvalue weighted by Gasteiger charge is -2.26. The first-order valence-electron chi connectivity index (χ1n) is 19.8. The summed E-state index contributed by atoms with van der Waals surface area (Å²) in [6, 6.07) is 80.6. The van der Waals surface area contributed by atoms with Crippen LogP contribution in [0.25, 0.3) is 88.0 Å². The molecule has 0 unspecified atom stereocenters. The molecule has 11 rings (SSSR count). The van der Waals surface area contributed by atoms with E-state index in [1.54, 1.807) is 0 Å². The van der Waals surface area contributed by atoms with E-state index in [-0.39, 0.29) is 0 Å². The Hall–Kier alpha value is -7.68. The Bertz CT molecular complexity index is 3250. The summed E-state index contributed by atoms with van der Waals surface area (Å²) in [4.78, 5) is 2.33. The summed E-state index contributed by atoms with van der Waals surface area (Å²) < 4.78 is 6.50. The molecule has 1 heterocycles. The van der Waals surface area contributed by atoms with Crippen molar-refractivity contribution in [1.29, 1.82) is 0 Å². The van der Waals surface area contributed by atoms with Gasteiger partial charge in [-0.1, -0.05) is 158 Å². The highest BCUT2D eigenvalue weighted by atomic mass is 16.3. The number of rotatable bonds is 7. The number of para-hydroxylation sites is 2. The monoisotopic (exact) mass is 739 g/mol. The molecule has 11 aromatic rings. The Morgan fingerprint density at radius 3 is 1.57 bits per heavy atom. The summed E-state index contributed by atoms with van der Waals surface area (Å²) in [5.74, 6) is 0. The molecule has 0 amide bonds. The van der Waals surface area contributed by atoms with Crippen LogP contribution in [0.5, 0.6) is 0 Å². The molecule has 58 heavy (non-hydrogen) atoms. The van der Waals surface area contributed by atoms with Crippen LogP contribution in [0.3, 0.4) is 0 Å². The average molecular weight is 740 g/mol. The smallest absolute Gasteiger partial charge is 0.136 e. The average Bonchev–Trinajstić information content (AvgIpc) is 3.68. The second-order valence-electron chi connectivity index (χ2n) is 14.9. The predicted molar refractivity (Wildman–Crippen MR) is 245 cm³/mol. The number of anilines is 3. The van der Waals surface area contributed by atoms with Gasteiger partial charge in [-0.2, -0.15) is 0 Å². The molecule has 0 aliphatic carbocycles. The van der Waals surface area contributed by atoms with Crippen LogP contribution in [0.4, 0.5) is 17.1 Å². The van der Waals surface area contributed by atoms with Crippen molar-refractivity contribution in [3.63, 3.8) is 0 Å². The van der Waals surface area contributed by atoms with Gasteiger partial charge in [-0.15, -0.1) is 0 Å². The normalized spacial score (nSPS) is 11.4. The minimum atomic E-state index is 0.900. The molecule has 0 radical (unpaired) electrons. The number of nitrogens with zero attached hydrogens (tertiary/aromatic N) is 1. The zero-order valence-corrected chi connectivity index (χ0v) is 31.7. The number of hydrogen-bond donors (Lipinski definition) is 0. The van der Waals surface area contributed by atoms with Crippen molar-refractivity contribution in [3.8, 4) is 44.5 Å². The van der Waals surface area contributed by atoms with Crippen LogP contribution < -0.4 is 4.90 Å². The standard InChI is InChI=1S/C56H37NO/c1-3-12-38(13-4-1)43-16-11-17-46(35-43)52-37-55-56(51-20-9-10-21-54(51)58-55)50-33-28-45(36-53(50)52)41-26-31-49(32-27-41)57(47-18-5-2-6-19-47)48-29-24-40(25-30-48)44-23-22-39-14-7-8-15-42(39)34-44/h1-37H. The van der Waals surface area contributed by atoms with Crippen molar-refractivity contribution in [2.75, 3.05) is 4.90 Å². The fraction of sp³-hybridized carbons (Fsp3) is 0. The van der Waals surface area contributed by atoms with Gasteiger partial charge < -0.3 is 9.32 Å². The molecule has 0 spiro atoms. The van der Waals surface area contributed by atoms with Gasteiger partial charge in [0.1, 0.15) is 11.2 Å². The molecule has 2 nitrogen and oxygen atoms in total. The van der Waals surface area contributed by atoms with Crippen LogP contribution in [0.2, 0.25) is 0 Å². The van der Waals surface area contributed by atoms with Gasteiger partial charge in [0.2, 0.25) is 0 Å². The van der Waals surface area contributed by atoms with E-state index >= 15 is 0 Å². The largest absolute Gasteiger partial charge is 0.456 e. The number of benzene rings is 10. The Kier molecular flexibility index (Phi) is 8.19. The first-order valence-corrected chi connectivity index (χ1v) is 19.8. The van der Waals surface area contributed by atoms with Crippen LogP contribution in [0.1, 0.15) is 0 Å². The molecule has 0 saturated carbocycles. The van der Waals surface area contributed by atoms with Crippen LogP contribution >= 0.6 is 0 Å². The summed E-state index contributed by atoms with van der Waals surface area (Å²) in [5, 5.41) is 7.17. The predicted octanol–water partition coefficient (Wildman–Crippen LogP) is 16.0. The molecule has 0 aliphatic heterocycles. The zero-order valence-electron chi connectivity index (χ0n) is 31.7. The van der Waals surface area contributed by atoms with E-state index in [0.29, 0.717) is 0 Å². The van der Waals surface area contributed by atoms with E-state index in [1.165, 1.54) is 43.8 Å². The Morgan fingerprint density at radius 2 is 0.810 bits per heavy atom. The maximum absolute atomic E-state index is 6.50. The first-order chi connectivity index (χ1) is 28.7. The Morgan fingerprint density at radius 1 is 0.276 bits per heavy atom. The zero-order chi connectivity index (χ0) is 38.4. The molecule has 272 valence electrons. The highest BCUT2D eigenvalue weighted by Gasteiger charge is 2.17. The molecule has 0 atom stereocenters. The lowest BCUT2D eigenvalue weighted by molar-refractivity contribution is 0.669. The van der Waals surface area contributed by atoms with Crippen LogP contribution in [-0.4, -0.2) is 0 Å². The van der Waals surface area contributed by atoms with E-state index in [4.69, 9.17) is 4.42 Å². The maximum atomic E-state index is 6.50. The SMILES string of the molecule is c1ccc(-c2cccc(-c3cc4oc5ccccc5c4c4ccc(-c5ccc(N(c6ccccc6)c6ccc(-c7ccc8ccccc8c7)cc6)cc5)cc34)c2)cc1. The molecule has 1 aromatic heterocycles. The van der Waals surface area contributed by atoms with Crippen molar-refractivity contribution in [3.05, 3.63) is 224 Å². The highest BCUT2D eigenvalue weighted by molar-refractivity contribution is 6.22. The van der Waals surface area contributed by atoms with Crippen molar-refractivity contribution < 1.29 is 4.42 Å². The number of furan rings is 1. The molecular formula is C56H37NO.